The van der Waals surface area contributed by atoms with Gasteiger partial charge in [0.25, 0.3) is 0 Å². The molecule has 1 saturated heterocycles. The molecule has 0 amide bonds. The molecule has 1 aliphatic rings. The van der Waals surface area contributed by atoms with Crippen molar-refractivity contribution >= 4 is 0 Å². The molecule has 1 aliphatic heterocycles. The van der Waals surface area contributed by atoms with Crippen LogP contribution in [0.3, 0.4) is 0 Å². The number of aliphatic hydroxyl groups excluding tert-OH is 2. The van der Waals surface area contributed by atoms with Gasteiger partial charge in [-0.05, 0) is 38.9 Å². The lowest BCUT2D eigenvalue weighted by molar-refractivity contribution is 0.0447. The summed E-state index contributed by atoms with van der Waals surface area (Å²) in [5.74, 6) is 0.694. The van der Waals surface area contributed by atoms with Crippen LogP contribution in [0.1, 0.15) is 12.8 Å². The van der Waals surface area contributed by atoms with Crippen molar-refractivity contribution in [2.24, 2.45) is 5.92 Å². The minimum Gasteiger partial charge on any atom is -0.394 e. The molecule has 0 aliphatic carbocycles. The second-order valence-corrected chi connectivity index (χ2v) is 4.16. The third-order valence-electron chi connectivity index (χ3n) is 2.78. The summed E-state index contributed by atoms with van der Waals surface area (Å²) in [4.78, 5) is 2.24. The number of nitrogens with one attached hydrogen (secondary N) is 1. The van der Waals surface area contributed by atoms with Gasteiger partial charge in [0.1, 0.15) is 0 Å². The molecule has 0 aromatic rings. The molecule has 4 nitrogen and oxygen atoms in total. The second-order valence-electron chi connectivity index (χ2n) is 4.16. The molecule has 0 aromatic carbocycles. The third kappa shape index (κ3) is 3.92. The zero-order valence-corrected chi connectivity index (χ0v) is 8.95. The fourth-order valence-corrected chi connectivity index (χ4v) is 2.13. The number of rotatable bonds is 5. The van der Waals surface area contributed by atoms with Gasteiger partial charge in [-0.3, -0.25) is 0 Å². The van der Waals surface area contributed by atoms with E-state index in [1.165, 1.54) is 12.8 Å². The van der Waals surface area contributed by atoms with Crippen LogP contribution in [0.4, 0.5) is 0 Å². The van der Waals surface area contributed by atoms with Gasteiger partial charge in [-0.15, -0.1) is 0 Å². The van der Waals surface area contributed by atoms with Gasteiger partial charge in [0.05, 0.1) is 12.7 Å². The molecule has 0 bridgehead atoms. The molecule has 2 atom stereocenters. The van der Waals surface area contributed by atoms with Gasteiger partial charge in [-0.25, -0.2) is 0 Å². The Morgan fingerprint density at radius 1 is 1.57 bits per heavy atom. The van der Waals surface area contributed by atoms with Crippen LogP contribution in [0.15, 0.2) is 0 Å². The lowest BCUT2D eigenvalue weighted by Gasteiger charge is -2.33. The molecular weight excluding hydrogens is 180 g/mol. The van der Waals surface area contributed by atoms with E-state index in [0.29, 0.717) is 12.5 Å². The van der Waals surface area contributed by atoms with Crippen LogP contribution in [0.2, 0.25) is 0 Å². The van der Waals surface area contributed by atoms with E-state index in [1.54, 1.807) is 0 Å². The first-order valence-corrected chi connectivity index (χ1v) is 5.42. The van der Waals surface area contributed by atoms with Crippen molar-refractivity contribution < 1.29 is 10.2 Å². The lowest BCUT2D eigenvalue weighted by Crippen LogP contribution is -2.43. The monoisotopic (exact) mass is 202 g/mol. The summed E-state index contributed by atoms with van der Waals surface area (Å²) < 4.78 is 0. The van der Waals surface area contributed by atoms with Gasteiger partial charge < -0.3 is 20.4 Å². The number of aliphatic hydroxyl groups is 2. The first-order chi connectivity index (χ1) is 6.76. The van der Waals surface area contributed by atoms with Crippen molar-refractivity contribution in [3.63, 3.8) is 0 Å². The Labute approximate surface area is 85.9 Å². The minimum absolute atomic E-state index is 0.132. The van der Waals surface area contributed by atoms with Crippen molar-refractivity contribution in [2.45, 2.75) is 18.9 Å². The summed E-state index contributed by atoms with van der Waals surface area (Å²) in [5, 5.41) is 21.3. The van der Waals surface area contributed by atoms with Crippen LogP contribution in [0.5, 0.6) is 0 Å². The zero-order chi connectivity index (χ0) is 10.4. The van der Waals surface area contributed by atoms with Crippen LogP contribution in [0, 0.1) is 5.92 Å². The number of hydrogen-bond donors (Lipinski definition) is 3. The topological polar surface area (TPSA) is 55.7 Å². The Bertz CT molecular complexity index is 153. The maximum atomic E-state index is 9.32. The SMILES string of the molecule is CNCC1CCCN(CC(O)CO)C1. The Hall–Kier alpha value is -0.160. The Balaban J connectivity index is 2.25. The second kappa shape index (κ2) is 6.35. The molecule has 0 spiro atoms. The number of likely N-dealkylation sites (tertiary alicyclic amines) is 1. The maximum absolute atomic E-state index is 9.32. The van der Waals surface area contributed by atoms with Crippen LogP contribution in [0.25, 0.3) is 0 Å². The fraction of sp³-hybridized carbons (Fsp3) is 1.00. The first kappa shape index (κ1) is 11.9. The standard InChI is InChI=1S/C10H22N2O2/c1-11-5-9-3-2-4-12(6-9)7-10(14)8-13/h9-11,13-14H,2-8H2,1H3. The van der Waals surface area contributed by atoms with E-state index in [9.17, 15) is 5.11 Å². The molecule has 14 heavy (non-hydrogen) atoms. The van der Waals surface area contributed by atoms with Gasteiger partial charge in [-0.1, -0.05) is 0 Å². The van der Waals surface area contributed by atoms with E-state index in [4.69, 9.17) is 5.11 Å². The van der Waals surface area contributed by atoms with Crippen LogP contribution < -0.4 is 5.32 Å². The molecule has 84 valence electrons. The smallest absolute Gasteiger partial charge is 0.0897 e. The van der Waals surface area contributed by atoms with Crippen molar-refractivity contribution in [3.05, 3.63) is 0 Å². The van der Waals surface area contributed by atoms with Crippen molar-refractivity contribution in [2.75, 3.05) is 39.8 Å². The summed E-state index contributed by atoms with van der Waals surface area (Å²) >= 11 is 0. The highest BCUT2D eigenvalue weighted by Crippen LogP contribution is 2.15. The lowest BCUT2D eigenvalue weighted by atomic mass is 9.98. The van der Waals surface area contributed by atoms with Crippen molar-refractivity contribution in [3.8, 4) is 0 Å². The predicted octanol–water partition coefficient (Wildman–Crippen LogP) is -0.729. The molecule has 4 heteroatoms. The van der Waals surface area contributed by atoms with Crippen LogP contribution in [-0.4, -0.2) is 61.1 Å². The Morgan fingerprint density at radius 2 is 2.36 bits per heavy atom. The molecule has 1 fully saturated rings. The quantitative estimate of drug-likeness (QED) is 0.550. The summed E-state index contributed by atoms with van der Waals surface area (Å²) in [6, 6.07) is 0. The molecule has 0 aromatic heterocycles. The molecule has 0 radical (unpaired) electrons. The predicted molar refractivity (Wildman–Crippen MR) is 56.2 cm³/mol. The van der Waals surface area contributed by atoms with Crippen LogP contribution >= 0.6 is 0 Å². The van der Waals surface area contributed by atoms with E-state index >= 15 is 0 Å². The highest BCUT2D eigenvalue weighted by Gasteiger charge is 2.20. The van der Waals surface area contributed by atoms with Gasteiger partial charge in [0, 0.05) is 13.1 Å². The minimum atomic E-state index is -0.580. The summed E-state index contributed by atoms with van der Waals surface area (Å²) in [6.07, 6.45) is 1.89. The average molecular weight is 202 g/mol. The van der Waals surface area contributed by atoms with Crippen LogP contribution in [-0.2, 0) is 0 Å². The van der Waals surface area contributed by atoms with E-state index in [2.05, 4.69) is 10.2 Å². The molecule has 2 unspecified atom stereocenters. The van der Waals surface area contributed by atoms with Crippen molar-refractivity contribution in [1.82, 2.24) is 10.2 Å². The summed E-state index contributed by atoms with van der Waals surface area (Å²) in [5.41, 5.74) is 0. The summed E-state index contributed by atoms with van der Waals surface area (Å²) in [7, 11) is 1.97. The normalized spacial score (nSPS) is 26.4. The number of piperidine rings is 1. The molecule has 3 N–H and O–H groups in total. The first-order valence-electron chi connectivity index (χ1n) is 5.42. The fourth-order valence-electron chi connectivity index (χ4n) is 2.13. The average Bonchev–Trinajstić information content (AvgIpc) is 2.19. The summed E-state index contributed by atoms with van der Waals surface area (Å²) in [6.45, 7) is 3.62. The van der Waals surface area contributed by atoms with Crippen molar-refractivity contribution in [1.29, 1.82) is 0 Å². The van der Waals surface area contributed by atoms with E-state index in [0.717, 1.165) is 19.6 Å². The highest BCUT2D eigenvalue weighted by atomic mass is 16.3. The van der Waals surface area contributed by atoms with Gasteiger partial charge in [0.15, 0.2) is 0 Å². The number of nitrogens with zero attached hydrogens (tertiary/aromatic N) is 1. The Kier molecular flexibility index (Phi) is 5.40. The molecular formula is C10H22N2O2. The number of hydrogen-bond acceptors (Lipinski definition) is 4. The molecule has 1 rings (SSSR count). The molecule has 1 heterocycles. The Morgan fingerprint density at radius 3 is 3.00 bits per heavy atom. The van der Waals surface area contributed by atoms with E-state index < -0.39 is 6.10 Å². The highest BCUT2D eigenvalue weighted by molar-refractivity contribution is 4.75. The van der Waals surface area contributed by atoms with Gasteiger partial charge >= 0.3 is 0 Å². The van der Waals surface area contributed by atoms with Gasteiger partial charge in [0.2, 0.25) is 0 Å². The molecule has 0 saturated carbocycles. The largest absolute Gasteiger partial charge is 0.394 e. The third-order valence-corrected chi connectivity index (χ3v) is 2.78. The van der Waals surface area contributed by atoms with E-state index in [-0.39, 0.29) is 6.61 Å². The number of β-amino-alcohol motifs (C(OH)–C–C–N with tert-alkyl or cyclic N) is 1. The van der Waals surface area contributed by atoms with Gasteiger partial charge in [-0.2, -0.15) is 0 Å². The zero-order valence-electron chi connectivity index (χ0n) is 8.95. The van der Waals surface area contributed by atoms with E-state index in [1.807, 2.05) is 7.05 Å². The maximum Gasteiger partial charge on any atom is 0.0897 e.